The standard InChI is InChI=1S/C12H15BrFNO2/c1-3-10(13)8(2)6-9-4-5-12(15(16)17)11(14)7-9/h4-5,7-8,10H,3,6H2,1-2H3. The number of nitro benzene ring substituents is 1. The number of rotatable bonds is 5. The second-order valence-corrected chi connectivity index (χ2v) is 5.32. The van der Waals surface area contributed by atoms with Crippen LogP contribution in [0, 0.1) is 21.8 Å². The van der Waals surface area contributed by atoms with Crippen molar-refractivity contribution in [3.63, 3.8) is 0 Å². The van der Waals surface area contributed by atoms with Gasteiger partial charge in [-0.3, -0.25) is 10.1 Å². The first-order chi connectivity index (χ1) is 7.95. The number of benzene rings is 1. The fourth-order valence-electron chi connectivity index (χ4n) is 1.73. The summed E-state index contributed by atoms with van der Waals surface area (Å²) < 4.78 is 13.4. The largest absolute Gasteiger partial charge is 0.304 e. The first kappa shape index (κ1) is 14.1. The molecule has 2 unspecified atom stereocenters. The van der Waals surface area contributed by atoms with E-state index in [-0.39, 0.29) is 0 Å². The quantitative estimate of drug-likeness (QED) is 0.467. The SMILES string of the molecule is CCC(Br)C(C)Cc1ccc([N+](=O)[O-])c(F)c1. The first-order valence-electron chi connectivity index (χ1n) is 5.52. The molecule has 0 radical (unpaired) electrons. The first-order valence-corrected chi connectivity index (χ1v) is 6.44. The molecule has 0 aromatic heterocycles. The summed E-state index contributed by atoms with van der Waals surface area (Å²) >= 11 is 3.55. The Balaban J connectivity index is 2.81. The summed E-state index contributed by atoms with van der Waals surface area (Å²) in [6, 6.07) is 4.10. The van der Waals surface area contributed by atoms with Gasteiger partial charge < -0.3 is 0 Å². The molecule has 94 valence electrons. The molecular formula is C12H15BrFNO2. The van der Waals surface area contributed by atoms with Gasteiger partial charge in [-0.05, 0) is 30.4 Å². The Morgan fingerprint density at radius 2 is 2.18 bits per heavy atom. The molecule has 0 aliphatic rings. The van der Waals surface area contributed by atoms with Crippen LogP contribution in [0.25, 0.3) is 0 Å². The van der Waals surface area contributed by atoms with Crippen LogP contribution < -0.4 is 0 Å². The molecule has 5 heteroatoms. The molecule has 0 spiro atoms. The van der Waals surface area contributed by atoms with Crippen molar-refractivity contribution in [2.75, 3.05) is 0 Å². The van der Waals surface area contributed by atoms with Gasteiger partial charge in [-0.2, -0.15) is 4.39 Å². The summed E-state index contributed by atoms with van der Waals surface area (Å²) in [5, 5.41) is 10.5. The van der Waals surface area contributed by atoms with Gasteiger partial charge in [0.05, 0.1) is 4.92 Å². The fraction of sp³-hybridized carbons (Fsp3) is 0.500. The van der Waals surface area contributed by atoms with Gasteiger partial charge in [-0.15, -0.1) is 0 Å². The highest BCUT2D eigenvalue weighted by Gasteiger charge is 2.17. The summed E-state index contributed by atoms with van der Waals surface area (Å²) in [7, 11) is 0. The van der Waals surface area contributed by atoms with E-state index in [1.165, 1.54) is 12.1 Å². The Morgan fingerprint density at radius 3 is 2.65 bits per heavy atom. The van der Waals surface area contributed by atoms with Crippen molar-refractivity contribution in [1.82, 2.24) is 0 Å². The number of hydrogen-bond acceptors (Lipinski definition) is 2. The highest BCUT2D eigenvalue weighted by Crippen LogP contribution is 2.23. The smallest absolute Gasteiger partial charge is 0.258 e. The molecule has 0 amide bonds. The van der Waals surface area contributed by atoms with Gasteiger partial charge in [-0.25, -0.2) is 0 Å². The van der Waals surface area contributed by atoms with Gasteiger partial charge in [0.15, 0.2) is 0 Å². The Morgan fingerprint density at radius 1 is 1.53 bits per heavy atom. The molecule has 1 aromatic rings. The Labute approximate surface area is 108 Å². The molecule has 0 heterocycles. The van der Waals surface area contributed by atoms with E-state index >= 15 is 0 Å². The van der Waals surface area contributed by atoms with Crippen molar-refractivity contribution in [3.05, 3.63) is 39.7 Å². The van der Waals surface area contributed by atoms with Crippen LogP contribution in [0.4, 0.5) is 10.1 Å². The molecule has 0 N–H and O–H groups in total. The maximum Gasteiger partial charge on any atom is 0.304 e. The highest BCUT2D eigenvalue weighted by atomic mass is 79.9. The van der Waals surface area contributed by atoms with Crippen LogP contribution in [0.2, 0.25) is 0 Å². The predicted molar refractivity (Wildman–Crippen MR) is 68.9 cm³/mol. The molecule has 2 atom stereocenters. The van der Waals surface area contributed by atoms with E-state index in [0.717, 1.165) is 12.0 Å². The normalized spacial score (nSPS) is 14.4. The van der Waals surface area contributed by atoms with Gasteiger partial charge >= 0.3 is 5.69 Å². The van der Waals surface area contributed by atoms with Crippen molar-refractivity contribution >= 4 is 21.6 Å². The number of nitro groups is 1. The van der Waals surface area contributed by atoms with Gasteiger partial charge in [0.2, 0.25) is 5.82 Å². The average Bonchev–Trinajstić information content (AvgIpc) is 2.27. The van der Waals surface area contributed by atoms with Gasteiger partial charge in [0, 0.05) is 10.9 Å². The minimum absolute atomic E-state index is 0.362. The van der Waals surface area contributed by atoms with Crippen molar-refractivity contribution in [2.24, 2.45) is 5.92 Å². The van der Waals surface area contributed by atoms with Crippen LogP contribution in [-0.2, 0) is 6.42 Å². The van der Waals surface area contributed by atoms with Crippen LogP contribution in [0.5, 0.6) is 0 Å². The third kappa shape index (κ3) is 3.77. The van der Waals surface area contributed by atoms with Crippen molar-refractivity contribution in [2.45, 2.75) is 31.5 Å². The summed E-state index contributed by atoms with van der Waals surface area (Å²) in [6.45, 7) is 4.15. The Hall–Kier alpha value is -0.970. The lowest BCUT2D eigenvalue weighted by atomic mass is 9.96. The van der Waals surface area contributed by atoms with Gasteiger partial charge in [0.25, 0.3) is 0 Å². The molecule has 0 fully saturated rings. The monoisotopic (exact) mass is 303 g/mol. The van der Waals surface area contributed by atoms with E-state index in [0.29, 0.717) is 17.2 Å². The van der Waals surface area contributed by atoms with Crippen molar-refractivity contribution in [3.8, 4) is 0 Å². The molecule has 0 saturated heterocycles. The summed E-state index contributed by atoms with van der Waals surface area (Å²) in [5.74, 6) is -0.400. The maximum atomic E-state index is 13.4. The lowest BCUT2D eigenvalue weighted by Crippen LogP contribution is -2.12. The second kappa shape index (κ2) is 6.10. The van der Waals surface area contributed by atoms with Crippen LogP contribution in [0.3, 0.4) is 0 Å². The maximum absolute atomic E-state index is 13.4. The molecule has 0 bridgehead atoms. The third-order valence-corrected chi connectivity index (χ3v) is 4.32. The number of alkyl halides is 1. The van der Waals surface area contributed by atoms with Crippen LogP contribution in [0.1, 0.15) is 25.8 Å². The van der Waals surface area contributed by atoms with E-state index in [9.17, 15) is 14.5 Å². The lowest BCUT2D eigenvalue weighted by Gasteiger charge is -2.16. The number of hydrogen-bond donors (Lipinski definition) is 0. The van der Waals surface area contributed by atoms with Crippen LogP contribution in [-0.4, -0.2) is 9.75 Å². The van der Waals surface area contributed by atoms with E-state index in [1.54, 1.807) is 6.07 Å². The summed E-state index contributed by atoms with van der Waals surface area (Å²) in [6.07, 6.45) is 1.70. The fourth-order valence-corrected chi connectivity index (χ4v) is 1.91. The van der Waals surface area contributed by atoms with E-state index in [1.807, 2.05) is 0 Å². The molecular weight excluding hydrogens is 289 g/mol. The second-order valence-electron chi connectivity index (χ2n) is 4.15. The minimum Gasteiger partial charge on any atom is -0.258 e. The molecule has 3 nitrogen and oxygen atoms in total. The van der Waals surface area contributed by atoms with Gasteiger partial charge in [-0.1, -0.05) is 35.8 Å². The van der Waals surface area contributed by atoms with E-state index in [2.05, 4.69) is 29.8 Å². The van der Waals surface area contributed by atoms with Crippen LogP contribution in [0.15, 0.2) is 18.2 Å². The molecule has 1 aromatic carbocycles. The Bertz CT molecular complexity index is 411. The van der Waals surface area contributed by atoms with Crippen LogP contribution >= 0.6 is 15.9 Å². The molecule has 1 rings (SSSR count). The summed E-state index contributed by atoms with van der Waals surface area (Å²) in [4.78, 5) is 10.1. The number of nitrogens with zero attached hydrogens (tertiary/aromatic N) is 1. The van der Waals surface area contributed by atoms with E-state index < -0.39 is 16.4 Å². The molecule has 0 aliphatic heterocycles. The molecule has 17 heavy (non-hydrogen) atoms. The predicted octanol–water partition coefficient (Wildman–Crippen LogP) is 4.09. The third-order valence-electron chi connectivity index (χ3n) is 2.77. The zero-order valence-corrected chi connectivity index (χ0v) is 11.4. The number of halogens is 2. The highest BCUT2D eigenvalue weighted by molar-refractivity contribution is 9.09. The molecule has 0 saturated carbocycles. The topological polar surface area (TPSA) is 43.1 Å². The lowest BCUT2D eigenvalue weighted by molar-refractivity contribution is -0.387. The average molecular weight is 304 g/mol. The van der Waals surface area contributed by atoms with Crippen molar-refractivity contribution in [1.29, 1.82) is 0 Å². The van der Waals surface area contributed by atoms with Crippen molar-refractivity contribution < 1.29 is 9.31 Å². The zero-order valence-electron chi connectivity index (χ0n) is 9.82. The molecule has 0 aliphatic carbocycles. The summed E-state index contributed by atoms with van der Waals surface area (Å²) in [5.41, 5.74) is 0.325. The zero-order chi connectivity index (χ0) is 13.0. The van der Waals surface area contributed by atoms with E-state index in [4.69, 9.17) is 0 Å². The minimum atomic E-state index is -0.762. The van der Waals surface area contributed by atoms with Gasteiger partial charge in [0.1, 0.15) is 0 Å². The Kier molecular flexibility index (Phi) is 5.05.